The lowest BCUT2D eigenvalue weighted by molar-refractivity contribution is -0.130. The maximum atomic E-state index is 12.6. The molecule has 0 radical (unpaired) electrons. The van der Waals surface area contributed by atoms with Crippen LogP contribution >= 0.6 is 0 Å². The number of carbonyl (C=O) groups excluding carboxylic acids is 1. The average molecular weight is 421 g/mol. The molecule has 1 aliphatic heterocycles. The first-order chi connectivity index (χ1) is 13.6. The molecule has 8 nitrogen and oxygen atoms in total. The molecule has 1 amide bonds. The highest BCUT2D eigenvalue weighted by Gasteiger charge is 2.32. The second kappa shape index (κ2) is 8.25. The number of rotatable bonds is 6. The summed E-state index contributed by atoms with van der Waals surface area (Å²) >= 11 is 0. The van der Waals surface area contributed by atoms with E-state index in [4.69, 9.17) is 5.14 Å². The molecule has 1 fully saturated rings. The summed E-state index contributed by atoms with van der Waals surface area (Å²) in [4.78, 5) is 14.4. The van der Waals surface area contributed by atoms with Gasteiger partial charge in [0.1, 0.15) is 0 Å². The molecule has 1 aliphatic rings. The van der Waals surface area contributed by atoms with Crippen LogP contribution in [-0.4, -0.2) is 53.3 Å². The topological polar surface area (TPSA) is 119 Å². The number of likely N-dealkylation sites (tertiary alicyclic amines) is 1. The molecule has 2 unspecified atom stereocenters. The van der Waals surface area contributed by atoms with E-state index in [1.165, 1.54) is 12.1 Å². The summed E-state index contributed by atoms with van der Waals surface area (Å²) in [5.74, 6) is 0.203. The second-order valence-corrected chi connectivity index (χ2v) is 9.20. The number of nitrogens with zero attached hydrogens (tertiary/aromatic N) is 3. The Balaban J connectivity index is 1.72. The molecule has 158 valence electrons. The van der Waals surface area contributed by atoms with Crippen molar-refractivity contribution in [1.29, 1.82) is 0 Å². The van der Waals surface area contributed by atoms with Crippen LogP contribution in [0.5, 0.6) is 0 Å². The van der Waals surface area contributed by atoms with Gasteiger partial charge in [0.15, 0.2) is 0 Å². The molecule has 0 aliphatic carbocycles. The van der Waals surface area contributed by atoms with Crippen LogP contribution < -0.4 is 5.14 Å². The molecule has 1 saturated heterocycles. The number of hydrogen-bond acceptors (Lipinski definition) is 5. The van der Waals surface area contributed by atoms with Gasteiger partial charge < -0.3 is 10.0 Å². The minimum Gasteiger partial charge on any atom is -0.391 e. The van der Waals surface area contributed by atoms with Crippen LogP contribution in [0.25, 0.3) is 5.69 Å². The van der Waals surface area contributed by atoms with E-state index >= 15 is 0 Å². The molecule has 2 aromatic rings. The van der Waals surface area contributed by atoms with Gasteiger partial charge in [-0.1, -0.05) is 6.92 Å². The van der Waals surface area contributed by atoms with E-state index in [1.807, 2.05) is 20.8 Å². The number of aliphatic hydroxyl groups is 1. The molecule has 2 heterocycles. The van der Waals surface area contributed by atoms with Gasteiger partial charge in [0.25, 0.3) is 0 Å². The number of benzene rings is 1. The minimum atomic E-state index is -3.74. The summed E-state index contributed by atoms with van der Waals surface area (Å²) < 4.78 is 24.6. The molecule has 0 bridgehead atoms. The number of carbonyl (C=O) groups is 1. The zero-order valence-corrected chi connectivity index (χ0v) is 17.8. The van der Waals surface area contributed by atoms with Gasteiger partial charge >= 0.3 is 0 Å². The van der Waals surface area contributed by atoms with E-state index in [-0.39, 0.29) is 16.7 Å². The predicted octanol–water partition coefficient (Wildman–Crippen LogP) is 1.30. The van der Waals surface area contributed by atoms with Crippen LogP contribution in [0.4, 0.5) is 0 Å². The van der Waals surface area contributed by atoms with Crippen molar-refractivity contribution < 1.29 is 18.3 Å². The number of hydrogen-bond donors (Lipinski definition) is 2. The third-order valence-corrected chi connectivity index (χ3v) is 6.65. The number of nitrogens with two attached hydrogens (primary N) is 1. The number of amides is 1. The van der Waals surface area contributed by atoms with Gasteiger partial charge in [-0.25, -0.2) is 18.2 Å². The Morgan fingerprint density at radius 3 is 2.45 bits per heavy atom. The van der Waals surface area contributed by atoms with Crippen molar-refractivity contribution in [3.05, 3.63) is 41.2 Å². The lowest BCUT2D eigenvalue weighted by Crippen LogP contribution is -2.29. The third-order valence-electron chi connectivity index (χ3n) is 5.72. The van der Waals surface area contributed by atoms with Crippen molar-refractivity contribution in [2.24, 2.45) is 11.1 Å². The van der Waals surface area contributed by atoms with Crippen LogP contribution in [0.15, 0.2) is 29.2 Å². The maximum absolute atomic E-state index is 12.6. The predicted molar refractivity (Wildman–Crippen MR) is 109 cm³/mol. The Labute approximate surface area is 171 Å². The number of β-amino-alcohol motifs (C(OH)–C–C–N with tert-alkyl or cyclic N) is 1. The van der Waals surface area contributed by atoms with Gasteiger partial charge in [0.2, 0.25) is 15.9 Å². The highest BCUT2D eigenvalue weighted by atomic mass is 32.2. The number of aliphatic hydroxyl groups excluding tert-OH is 1. The Morgan fingerprint density at radius 2 is 1.90 bits per heavy atom. The molecule has 1 aromatic heterocycles. The zero-order valence-electron chi connectivity index (χ0n) is 17.0. The summed E-state index contributed by atoms with van der Waals surface area (Å²) in [6.07, 6.45) is 1.35. The zero-order chi connectivity index (χ0) is 21.3. The molecule has 29 heavy (non-hydrogen) atoms. The summed E-state index contributed by atoms with van der Waals surface area (Å²) in [6, 6.07) is 6.22. The first-order valence-electron chi connectivity index (χ1n) is 9.76. The van der Waals surface area contributed by atoms with Crippen LogP contribution in [0.1, 0.15) is 36.7 Å². The molecule has 9 heteroatoms. The first kappa shape index (κ1) is 21.5. The number of primary sulfonamides is 1. The van der Waals surface area contributed by atoms with Gasteiger partial charge in [0.05, 0.1) is 22.4 Å². The standard InChI is InChI=1S/C20H28N4O4S/c1-4-15-11-23(12-19(15)25)20(26)10-9-18-13(2)22-24(14(18)3)16-5-7-17(8-6-16)29(21,27)28/h5-8,15,19,25H,4,9-12H2,1-3H3,(H2,21,27,28). The molecule has 1 aromatic carbocycles. The fourth-order valence-electron chi connectivity index (χ4n) is 3.91. The lowest BCUT2D eigenvalue weighted by Gasteiger charge is -2.16. The van der Waals surface area contributed by atoms with Crippen LogP contribution in [0.3, 0.4) is 0 Å². The van der Waals surface area contributed by atoms with Gasteiger partial charge in [-0.15, -0.1) is 0 Å². The molecule has 3 N–H and O–H groups in total. The smallest absolute Gasteiger partial charge is 0.238 e. The fraction of sp³-hybridized carbons (Fsp3) is 0.500. The number of sulfonamides is 1. The maximum Gasteiger partial charge on any atom is 0.238 e. The monoisotopic (exact) mass is 420 g/mol. The number of aryl methyl sites for hydroxylation is 1. The number of aromatic nitrogens is 2. The first-order valence-corrected chi connectivity index (χ1v) is 11.3. The summed E-state index contributed by atoms with van der Waals surface area (Å²) in [6.45, 7) is 6.88. The molecule has 2 atom stereocenters. The van der Waals surface area contributed by atoms with E-state index in [9.17, 15) is 18.3 Å². The van der Waals surface area contributed by atoms with E-state index in [1.54, 1.807) is 21.7 Å². The summed E-state index contributed by atoms with van der Waals surface area (Å²) in [5.41, 5.74) is 3.47. The van der Waals surface area contributed by atoms with Crippen molar-refractivity contribution in [2.45, 2.75) is 51.0 Å². The highest BCUT2D eigenvalue weighted by molar-refractivity contribution is 7.89. The van der Waals surface area contributed by atoms with E-state index < -0.39 is 16.1 Å². The summed E-state index contributed by atoms with van der Waals surface area (Å²) in [7, 11) is -3.74. The fourth-order valence-corrected chi connectivity index (χ4v) is 4.43. The van der Waals surface area contributed by atoms with Crippen molar-refractivity contribution in [1.82, 2.24) is 14.7 Å². The minimum absolute atomic E-state index is 0.0454. The lowest BCUT2D eigenvalue weighted by atomic mass is 10.0. The van der Waals surface area contributed by atoms with Crippen molar-refractivity contribution in [3.8, 4) is 5.69 Å². The van der Waals surface area contributed by atoms with E-state index in [2.05, 4.69) is 5.10 Å². The van der Waals surface area contributed by atoms with Crippen LogP contribution in [0, 0.1) is 19.8 Å². The molecule has 0 spiro atoms. The van der Waals surface area contributed by atoms with Crippen LogP contribution in [-0.2, 0) is 21.2 Å². The normalized spacial score (nSPS) is 19.7. The third kappa shape index (κ3) is 4.52. The van der Waals surface area contributed by atoms with E-state index in [0.717, 1.165) is 29.1 Å². The van der Waals surface area contributed by atoms with Gasteiger partial charge in [-0.2, -0.15) is 5.10 Å². The Kier molecular flexibility index (Phi) is 6.11. The SMILES string of the molecule is CCC1CN(C(=O)CCc2c(C)nn(-c3ccc(S(N)(=O)=O)cc3)c2C)CC1O. The summed E-state index contributed by atoms with van der Waals surface area (Å²) in [5, 5.41) is 19.7. The van der Waals surface area contributed by atoms with Gasteiger partial charge in [-0.05, 0) is 56.5 Å². The van der Waals surface area contributed by atoms with E-state index in [0.29, 0.717) is 25.9 Å². The Morgan fingerprint density at radius 1 is 1.24 bits per heavy atom. The highest BCUT2D eigenvalue weighted by Crippen LogP contribution is 2.23. The largest absolute Gasteiger partial charge is 0.391 e. The van der Waals surface area contributed by atoms with Crippen molar-refractivity contribution in [2.75, 3.05) is 13.1 Å². The average Bonchev–Trinajstić information content (AvgIpc) is 3.18. The molecular formula is C20H28N4O4S. The Hall–Kier alpha value is -2.23. The molecule has 3 rings (SSSR count). The Bertz CT molecular complexity index is 998. The van der Waals surface area contributed by atoms with Crippen LogP contribution in [0.2, 0.25) is 0 Å². The van der Waals surface area contributed by atoms with Crippen molar-refractivity contribution >= 4 is 15.9 Å². The van der Waals surface area contributed by atoms with Gasteiger partial charge in [0, 0.05) is 31.1 Å². The quantitative estimate of drug-likeness (QED) is 0.730. The molecule has 0 saturated carbocycles. The molecular weight excluding hydrogens is 392 g/mol. The second-order valence-electron chi connectivity index (χ2n) is 7.63. The van der Waals surface area contributed by atoms with Crippen molar-refractivity contribution in [3.63, 3.8) is 0 Å². The van der Waals surface area contributed by atoms with Gasteiger partial charge in [-0.3, -0.25) is 4.79 Å².